The molecule has 1 aliphatic carbocycles. The van der Waals surface area contributed by atoms with Gasteiger partial charge in [-0.1, -0.05) is 66.7 Å². The number of nitrogens with zero attached hydrogens (tertiary/aromatic N) is 2. The van der Waals surface area contributed by atoms with E-state index in [9.17, 15) is 18.0 Å². The molecule has 2 aromatic rings. The van der Waals surface area contributed by atoms with Crippen molar-refractivity contribution in [3.63, 3.8) is 0 Å². The number of benzene rings is 2. The van der Waals surface area contributed by atoms with Crippen LogP contribution in [0, 0.1) is 13.8 Å². The second kappa shape index (κ2) is 12.5. The molecule has 2 amide bonds. The normalized spacial score (nSPS) is 15.2. The minimum Gasteiger partial charge on any atom is -0.352 e. The zero-order valence-electron chi connectivity index (χ0n) is 21.8. The van der Waals surface area contributed by atoms with E-state index in [0.717, 1.165) is 53.8 Å². The molecule has 0 heterocycles. The quantitative estimate of drug-likeness (QED) is 0.448. The van der Waals surface area contributed by atoms with Crippen molar-refractivity contribution in [1.29, 1.82) is 0 Å². The third kappa shape index (κ3) is 7.62. The fraction of sp³-hybridized carbons (Fsp3) is 0.481. The zero-order chi connectivity index (χ0) is 27.3. The topological polar surface area (TPSA) is 86.8 Å². The summed E-state index contributed by atoms with van der Waals surface area (Å²) in [6, 6.07) is 9.71. The van der Waals surface area contributed by atoms with Crippen LogP contribution in [0.25, 0.3) is 0 Å². The zero-order valence-corrected chi connectivity index (χ0v) is 24.1. The Bertz CT molecular complexity index is 1230. The predicted molar refractivity (Wildman–Crippen MR) is 150 cm³/mol. The number of halogens is 2. The monoisotopic (exact) mass is 567 g/mol. The third-order valence-corrected chi connectivity index (χ3v) is 8.68. The van der Waals surface area contributed by atoms with E-state index in [1.807, 2.05) is 6.07 Å². The lowest BCUT2D eigenvalue weighted by Crippen LogP contribution is -2.53. The number of anilines is 1. The van der Waals surface area contributed by atoms with Gasteiger partial charge in [-0.2, -0.15) is 0 Å². The van der Waals surface area contributed by atoms with E-state index in [-0.39, 0.29) is 18.5 Å². The highest BCUT2D eigenvalue weighted by Crippen LogP contribution is 2.28. The Labute approximate surface area is 230 Å². The van der Waals surface area contributed by atoms with Crippen molar-refractivity contribution in [2.24, 2.45) is 0 Å². The van der Waals surface area contributed by atoms with Crippen LogP contribution >= 0.6 is 23.2 Å². The highest BCUT2D eigenvalue weighted by molar-refractivity contribution is 7.92. The second-order valence-corrected chi connectivity index (χ2v) is 12.5. The molecule has 10 heteroatoms. The van der Waals surface area contributed by atoms with E-state index in [1.165, 1.54) is 4.90 Å². The molecule has 0 saturated heterocycles. The summed E-state index contributed by atoms with van der Waals surface area (Å²) in [6.45, 7) is 4.90. The minimum atomic E-state index is -3.80. The van der Waals surface area contributed by atoms with Gasteiger partial charge in [0.15, 0.2) is 0 Å². The first kappa shape index (κ1) is 29.3. The first-order valence-corrected chi connectivity index (χ1v) is 15.1. The predicted octanol–water partition coefficient (Wildman–Crippen LogP) is 5.24. The summed E-state index contributed by atoms with van der Waals surface area (Å²) in [7, 11) is -3.80. The van der Waals surface area contributed by atoms with Crippen LogP contribution in [0.15, 0.2) is 36.4 Å². The molecule has 0 unspecified atom stereocenters. The average molecular weight is 569 g/mol. The smallest absolute Gasteiger partial charge is 0.244 e. The Balaban J connectivity index is 1.93. The van der Waals surface area contributed by atoms with Crippen molar-refractivity contribution in [2.75, 3.05) is 17.1 Å². The van der Waals surface area contributed by atoms with Gasteiger partial charge in [0.1, 0.15) is 12.6 Å². The molecule has 1 fully saturated rings. The van der Waals surface area contributed by atoms with Gasteiger partial charge in [0, 0.05) is 12.6 Å². The van der Waals surface area contributed by atoms with E-state index in [1.54, 1.807) is 51.1 Å². The maximum Gasteiger partial charge on any atom is 0.244 e. The van der Waals surface area contributed by atoms with Gasteiger partial charge in [0.25, 0.3) is 0 Å². The van der Waals surface area contributed by atoms with E-state index in [2.05, 4.69) is 5.32 Å². The van der Waals surface area contributed by atoms with Crippen molar-refractivity contribution in [2.45, 2.75) is 71.5 Å². The van der Waals surface area contributed by atoms with E-state index in [4.69, 9.17) is 23.2 Å². The average Bonchev–Trinajstić information content (AvgIpc) is 2.83. The summed E-state index contributed by atoms with van der Waals surface area (Å²) >= 11 is 12.3. The van der Waals surface area contributed by atoms with Gasteiger partial charge in [-0.3, -0.25) is 13.9 Å². The number of hydrogen-bond acceptors (Lipinski definition) is 4. The molecule has 2 aromatic carbocycles. The molecule has 0 bridgehead atoms. The van der Waals surface area contributed by atoms with Crippen LogP contribution in [0.4, 0.5) is 5.69 Å². The molecule has 0 radical (unpaired) electrons. The highest BCUT2D eigenvalue weighted by atomic mass is 35.5. The summed E-state index contributed by atoms with van der Waals surface area (Å²) in [5.74, 6) is -0.760. The number of nitrogens with one attached hydrogen (secondary N) is 1. The molecule has 1 atom stereocenters. The molecule has 0 spiro atoms. The number of aryl methyl sites for hydroxylation is 2. The molecule has 3 rings (SSSR count). The molecule has 0 aliphatic heterocycles. The van der Waals surface area contributed by atoms with Gasteiger partial charge >= 0.3 is 0 Å². The fourth-order valence-corrected chi connectivity index (χ4v) is 6.05. The minimum absolute atomic E-state index is 0.0688. The van der Waals surface area contributed by atoms with Gasteiger partial charge < -0.3 is 10.2 Å². The van der Waals surface area contributed by atoms with Gasteiger partial charge in [-0.25, -0.2) is 8.42 Å². The number of carbonyl (C=O) groups is 2. The summed E-state index contributed by atoms with van der Waals surface area (Å²) in [5.41, 5.74) is 2.61. The SMILES string of the molecule is Cc1cccc(C)c1N(CC(=O)N(Cc1ccc(Cl)c(Cl)c1)[C@H](C)C(=O)NC1CCCCC1)S(C)(=O)=O. The van der Waals surface area contributed by atoms with Crippen molar-refractivity contribution < 1.29 is 18.0 Å². The van der Waals surface area contributed by atoms with Gasteiger partial charge in [-0.15, -0.1) is 0 Å². The van der Waals surface area contributed by atoms with Crippen LogP contribution in [0.1, 0.15) is 55.7 Å². The van der Waals surface area contributed by atoms with E-state index < -0.39 is 28.5 Å². The summed E-state index contributed by atoms with van der Waals surface area (Å²) < 4.78 is 26.8. The largest absolute Gasteiger partial charge is 0.352 e. The molecule has 1 aliphatic rings. The summed E-state index contributed by atoms with van der Waals surface area (Å²) in [5, 5.41) is 3.79. The Morgan fingerprint density at radius 1 is 1.03 bits per heavy atom. The Hall–Kier alpha value is -2.29. The van der Waals surface area contributed by atoms with Crippen LogP contribution in [-0.2, 0) is 26.2 Å². The molecule has 202 valence electrons. The van der Waals surface area contributed by atoms with E-state index in [0.29, 0.717) is 21.3 Å². The second-order valence-electron chi connectivity index (χ2n) is 9.80. The standard InChI is InChI=1S/C27H35Cl2N3O4S/c1-18-9-8-10-19(2)26(18)32(37(4,35)36)17-25(33)31(16-21-13-14-23(28)24(29)15-21)20(3)27(34)30-22-11-6-5-7-12-22/h8-10,13-15,20,22H,5-7,11-12,16-17H2,1-4H3,(H,30,34)/t20-/m1/s1. The molecule has 1 saturated carbocycles. The summed E-state index contributed by atoms with van der Waals surface area (Å²) in [4.78, 5) is 28.4. The number of rotatable bonds is 9. The van der Waals surface area contributed by atoms with E-state index >= 15 is 0 Å². The lowest BCUT2D eigenvalue weighted by atomic mass is 9.95. The number of carbonyl (C=O) groups excluding carboxylic acids is 2. The van der Waals surface area contributed by atoms with Crippen molar-refractivity contribution in [3.8, 4) is 0 Å². The van der Waals surface area contributed by atoms with Crippen LogP contribution in [0.2, 0.25) is 10.0 Å². The third-order valence-electron chi connectivity index (χ3n) is 6.82. The fourth-order valence-electron chi connectivity index (χ4n) is 4.76. The molecular formula is C27H35Cl2N3O4S. The Morgan fingerprint density at radius 3 is 2.22 bits per heavy atom. The van der Waals surface area contributed by atoms with Gasteiger partial charge in [0.05, 0.1) is 22.0 Å². The highest BCUT2D eigenvalue weighted by Gasteiger charge is 2.32. The number of hydrogen-bond donors (Lipinski definition) is 1. The van der Waals surface area contributed by atoms with Gasteiger partial charge in [-0.05, 0) is 62.4 Å². The first-order chi connectivity index (χ1) is 17.4. The lowest BCUT2D eigenvalue weighted by Gasteiger charge is -2.33. The molecule has 1 N–H and O–H groups in total. The molecule has 37 heavy (non-hydrogen) atoms. The number of amides is 2. The van der Waals surface area contributed by atoms with Gasteiger partial charge in [0.2, 0.25) is 21.8 Å². The van der Waals surface area contributed by atoms with Crippen LogP contribution in [0.3, 0.4) is 0 Å². The van der Waals surface area contributed by atoms with Crippen LogP contribution < -0.4 is 9.62 Å². The Morgan fingerprint density at radius 2 is 1.65 bits per heavy atom. The maximum atomic E-state index is 13.8. The first-order valence-electron chi connectivity index (χ1n) is 12.5. The Kier molecular flexibility index (Phi) is 9.89. The van der Waals surface area contributed by atoms with Crippen molar-refractivity contribution in [3.05, 3.63) is 63.1 Å². The lowest BCUT2D eigenvalue weighted by molar-refractivity contribution is -0.139. The van der Waals surface area contributed by atoms with Crippen LogP contribution in [-0.4, -0.2) is 50.0 Å². The molecule has 7 nitrogen and oxygen atoms in total. The molecular weight excluding hydrogens is 533 g/mol. The van der Waals surface area contributed by atoms with Crippen molar-refractivity contribution >= 4 is 50.7 Å². The number of para-hydroxylation sites is 1. The van der Waals surface area contributed by atoms with Crippen molar-refractivity contribution in [1.82, 2.24) is 10.2 Å². The summed E-state index contributed by atoms with van der Waals surface area (Å²) in [6.07, 6.45) is 6.17. The maximum absolute atomic E-state index is 13.8. The number of sulfonamides is 1. The molecule has 0 aromatic heterocycles. The van der Waals surface area contributed by atoms with Crippen LogP contribution in [0.5, 0.6) is 0 Å².